The minimum Gasteiger partial charge on any atom is -0.393 e. The Bertz CT molecular complexity index is 415. The standard InChI is InChI=1S/C15H22FNO2/c1-4-13(18)9-10-17-14(19)15(2,3)11-5-7-12(16)8-6-11/h5-8,13,18H,4,9-10H2,1-3H3,(H,17,19). The third-order valence-corrected chi connectivity index (χ3v) is 3.37. The number of carbonyl (C=O) groups is 1. The molecule has 1 amide bonds. The molecule has 0 heterocycles. The second-order valence-electron chi connectivity index (χ2n) is 5.24. The van der Waals surface area contributed by atoms with E-state index in [-0.39, 0.29) is 17.8 Å². The summed E-state index contributed by atoms with van der Waals surface area (Å²) in [4.78, 5) is 12.1. The molecule has 2 N–H and O–H groups in total. The molecule has 0 fully saturated rings. The van der Waals surface area contributed by atoms with Gasteiger partial charge in [0.15, 0.2) is 0 Å². The zero-order valence-electron chi connectivity index (χ0n) is 11.7. The van der Waals surface area contributed by atoms with Crippen LogP contribution in [0.15, 0.2) is 24.3 Å². The van der Waals surface area contributed by atoms with Crippen LogP contribution in [0, 0.1) is 5.82 Å². The molecular formula is C15H22FNO2. The Labute approximate surface area is 113 Å². The van der Waals surface area contributed by atoms with Gasteiger partial charge in [-0.25, -0.2) is 4.39 Å². The van der Waals surface area contributed by atoms with E-state index in [0.717, 1.165) is 5.56 Å². The molecule has 19 heavy (non-hydrogen) atoms. The number of hydrogen-bond acceptors (Lipinski definition) is 2. The fraction of sp³-hybridized carbons (Fsp3) is 0.533. The molecule has 0 bridgehead atoms. The van der Waals surface area contributed by atoms with Crippen LogP contribution in [0.4, 0.5) is 4.39 Å². The predicted octanol–water partition coefficient (Wildman–Crippen LogP) is 2.38. The van der Waals surface area contributed by atoms with E-state index in [4.69, 9.17) is 0 Å². The lowest BCUT2D eigenvalue weighted by Gasteiger charge is -2.24. The first-order chi connectivity index (χ1) is 8.87. The monoisotopic (exact) mass is 267 g/mol. The van der Waals surface area contributed by atoms with E-state index >= 15 is 0 Å². The van der Waals surface area contributed by atoms with Crippen molar-refractivity contribution in [2.75, 3.05) is 6.54 Å². The van der Waals surface area contributed by atoms with Gasteiger partial charge in [0.25, 0.3) is 0 Å². The highest BCUT2D eigenvalue weighted by Crippen LogP contribution is 2.23. The minimum absolute atomic E-state index is 0.123. The molecule has 0 saturated carbocycles. The van der Waals surface area contributed by atoms with Crippen molar-refractivity contribution < 1.29 is 14.3 Å². The van der Waals surface area contributed by atoms with E-state index < -0.39 is 5.41 Å². The van der Waals surface area contributed by atoms with Crippen molar-refractivity contribution in [2.45, 2.75) is 45.1 Å². The second kappa shape index (κ2) is 6.66. The number of aliphatic hydroxyl groups excluding tert-OH is 1. The largest absolute Gasteiger partial charge is 0.393 e. The van der Waals surface area contributed by atoms with Crippen LogP contribution >= 0.6 is 0 Å². The molecule has 106 valence electrons. The van der Waals surface area contributed by atoms with Crippen LogP contribution in [0.2, 0.25) is 0 Å². The van der Waals surface area contributed by atoms with Gasteiger partial charge in [-0.2, -0.15) is 0 Å². The van der Waals surface area contributed by atoms with E-state index in [1.54, 1.807) is 26.0 Å². The van der Waals surface area contributed by atoms with Gasteiger partial charge in [0.1, 0.15) is 5.82 Å². The summed E-state index contributed by atoms with van der Waals surface area (Å²) in [5.41, 5.74) is 0.0488. The molecule has 1 aromatic carbocycles. The smallest absolute Gasteiger partial charge is 0.230 e. The van der Waals surface area contributed by atoms with Gasteiger partial charge in [-0.05, 0) is 44.4 Å². The molecule has 0 spiro atoms. The van der Waals surface area contributed by atoms with Gasteiger partial charge in [0.05, 0.1) is 11.5 Å². The van der Waals surface area contributed by atoms with E-state index in [1.165, 1.54) is 12.1 Å². The molecule has 0 saturated heterocycles. The first kappa shape index (κ1) is 15.6. The molecule has 1 rings (SSSR count). The van der Waals surface area contributed by atoms with Crippen LogP contribution in [-0.2, 0) is 10.2 Å². The second-order valence-corrected chi connectivity index (χ2v) is 5.24. The molecule has 0 aliphatic rings. The third kappa shape index (κ3) is 4.31. The van der Waals surface area contributed by atoms with E-state index in [9.17, 15) is 14.3 Å². The Morgan fingerprint density at radius 2 is 1.95 bits per heavy atom. The molecule has 0 aromatic heterocycles. The van der Waals surface area contributed by atoms with Crippen LogP contribution in [-0.4, -0.2) is 23.7 Å². The number of aliphatic hydroxyl groups is 1. The maximum atomic E-state index is 12.9. The minimum atomic E-state index is -0.717. The van der Waals surface area contributed by atoms with Crippen molar-refractivity contribution in [3.63, 3.8) is 0 Å². The maximum absolute atomic E-state index is 12.9. The van der Waals surface area contributed by atoms with E-state index in [0.29, 0.717) is 19.4 Å². The quantitative estimate of drug-likeness (QED) is 0.831. The topological polar surface area (TPSA) is 49.3 Å². The molecule has 1 unspecified atom stereocenters. The van der Waals surface area contributed by atoms with Crippen molar-refractivity contribution in [1.29, 1.82) is 0 Å². The lowest BCUT2D eigenvalue weighted by molar-refractivity contribution is -0.125. The van der Waals surface area contributed by atoms with E-state index in [1.807, 2.05) is 6.92 Å². The lowest BCUT2D eigenvalue weighted by atomic mass is 9.83. The Kier molecular flexibility index (Phi) is 5.48. The van der Waals surface area contributed by atoms with Crippen LogP contribution in [0.5, 0.6) is 0 Å². The molecule has 3 nitrogen and oxygen atoms in total. The molecule has 1 atom stereocenters. The van der Waals surface area contributed by atoms with Crippen LogP contribution in [0.1, 0.15) is 39.2 Å². The molecule has 4 heteroatoms. The zero-order chi connectivity index (χ0) is 14.5. The van der Waals surface area contributed by atoms with Gasteiger partial charge in [-0.1, -0.05) is 19.1 Å². The molecular weight excluding hydrogens is 245 g/mol. The SMILES string of the molecule is CCC(O)CCNC(=O)C(C)(C)c1ccc(F)cc1. The fourth-order valence-electron chi connectivity index (χ4n) is 1.78. The van der Waals surface area contributed by atoms with Crippen LogP contribution < -0.4 is 5.32 Å². The number of halogens is 1. The zero-order valence-corrected chi connectivity index (χ0v) is 11.7. The Morgan fingerprint density at radius 3 is 2.47 bits per heavy atom. The Hall–Kier alpha value is -1.42. The number of carbonyl (C=O) groups excluding carboxylic acids is 1. The maximum Gasteiger partial charge on any atom is 0.230 e. The number of benzene rings is 1. The van der Waals surface area contributed by atoms with Crippen molar-refractivity contribution in [3.8, 4) is 0 Å². The van der Waals surface area contributed by atoms with Gasteiger partial charge in [-0.15, -0.1) is 0 Å². The van der Waals surface area contributed by atoms with Crippen molar-refractivity contribution in [3.05, 3.63) is 35.6 Å². The summed E-state index contributed by atoms with van der Waals surface area (Å²) >= 11 is 0. The van der Waals surface area contributed by atoms with Gasteiger partial charge in [0.2, 0.25) is 5.91 Å². The average molecular weight is 267 g/mol. The highest BCUT2D eigenvalue weighted by molar-refractivity contribution is 5.87. The van der Waals surface area contributed by atoms with Crippen molar-refractivity contribution >= 4 is 5.91 Å². The summed E-state index contributed by atoms with van der Waals surface area (Å²) in [6.07, 6.45) is 0.841. The molecule has 0 aliphatic heterocycles. The van der Waals surface area contributed by atoms with Crippen molar-refractivity contribution in [1.82, 2.24) is 5.32 Å². The Morgan fingerprint density at radius 1 is 1.37 bits per heavy atom. The summed E-state index contributed by atoms with van der Waals surface area (Å²) in [6, 6.07) is 5.95. The van der Waals surface area contributed by atoms with E-state index in [2.05, 4.69) is 5.32 Å². The summed E-state index contributed by atoms with van der Waals surface area (Å²) in [6.45, 7) is 5.94. The number of amides is 1. The van der Waals surface area contributed by atoms with Gasteiger partial charge < -0.3 is 10.4 Å². The van der Waals surface area contributed by atoms with Crippen LogP contribution in [0.3, 0.4) is 0 Å². The predicted molar refractivity (Wildman–Crippen MR) is 73.4 cm³/mol. The van der Waals surface area contributed by atoms with Gasteiger partial charge in [-0.3, -0.25) is 4.79 Å². The normalized spacial score (nSPS) is 13.1. The molecule has 1 aromatic rings. The van der Waals surface area contributed by atoms with Gasteiger partial charge in [0, 0.05) is 6.54 Å². The fourth-order valence-corrected chi connectivity index (χ4v) is 1.78. The number of rotatable bonds is 6. The first-order valence-corrected chi connectivity index (χ1v) is 6.60. The molecule has 0 aliphatic carbocycles. The molecule has 0 radical (unpaired) electrons. The van der Waals surface area contributed by atoms with Crippen molar-refractivity contribution in [2.24, 2.45) is 0 Å². The van der Waals surface area contributed by atoms with Gasteiger partial charge >= 0.3 is 0 Å². The first-order valence-electron chi connectivity index (χ1n) is 6.60. The highest BCUT2D eigenvalue weighted by atomic mass is 19.1. The number of hydrogen-bond donors (Lipinski definition) is 2. The lowest BCUT2D eigenvalue weighted by Crippen LogP contribution is -2.41. The Balaban J connectivity index is 2.61. The third-order valence-electron chi connectivity index (χ3n) is 3.37. The number of nitrogens with one attached hydrogen (secondary N) is 1. The van der Waals surface area contributed by atoms with Crippen LogP contribution in [0.25, 0.3) is 0 Å². The summed E-state index contributed by atoms with van der Waals surface area (Å²) in [5.74, 6) is -0.437. The summed E-state index contributed by atoms with van der Waals surface area (Å²) in [5, 5.41) is 12.2. The average Bonchev–Trinajstić information content (AvgIpc) is 2.38. The summed E-state index contributed by atoms with van der Waals surface area (Å²) in [7, 11) is 0. The summed E-state index contributed by atoms with van der Waals surface area (Å²) < 4.78 is 12.9. The highest BCUT2D eigenvalue weighted by Gasteiger charge is 2.29.